The van der Waals surface area contributed by atoms with Gasteiger partial charge in [-0.1, -0.05) is 6.07 Å². The number of nitrogens with zero attached hydrogens (tertiary/aromatic N) is 3. The van der Waals surface area contributed by atoms with Crippen molar-refractivity contribution in [1.82, 2.24) is 15.2 Å². The molecule has 1 saturated heterocycles. The number of carbonyl (C=O) groups excluding carboxylic acids is 1. The van der Waals surface area contributed by atoms with Crippen molar-refractivity contribution in [3.8, 4) is 0 Å². The molecule has 0 radical (unpaired) electrons. The van der Waals surface area contributed by atoms with Crippen molar-refractivity contribution in [3.63, 3.8) is 0 Å². The molecule has 2 aromatic rings. The fraction of sp³-hybridized carbons (Fsp3) is 0.333. The average molecular weight is 389 g/mol. The van der Waals surface area contributed by atoms with Crippen LogP contribution in [0.1, 0.15) is 11.1 Å². The van der Waals surface area contributed by atoms with Gasteiger partial charge in [-0.25, -0.2) is 4.79 Å². The van der Waals surface area contributed by atoms with E-state index in [0.29, 0.717) is 6.54 Å². The van der Waals surface area contributed by atoms with Gasteiger partial charge in [0.05, 0.1) is 5.69 Å². The lowest BCUT2D eigenvalue weighted by Gasteiger charge is -2.36. The van der Waals surface area contributed by atoms with Crippen LogP contribution in [0, 0.1) is 6.92 Å². The minimum absolute atomic E-state index is 0.00515. The monoisotopic (exact) mass is 388 g/mol. The van der Waals surface area contributed by atoms with Crippen LogP contribution in [-0.2, 0) is 6.54 Å². The Morgan fingerprint density at radius 1 is 1.17 bits per heavy atom. The van der Waals surface area contributed by atoms with Crippen molar-refractivity contribution in [2.45, 2.75) is 13.5 Å². The fourth-order valence-electron chi connectivity index (χ4n) is 2.81. The summed E-state index contributed by atoms with van der Waals surface area (Å²) in [6.45, 7) is 5.74. The van der Waals surface area contributed by atoms with E-state index in [1.807, 2.05) is 17.0 Å². The maximum absolute atomic E-state index is 12.3. The lowest BCUT2D eigenvalue weighted by Crippen LogP contribution is -2.51. The number of benzene rings is 1. The minimum atomic E-state index is -0.00515. The molecule has 6 heteroatoms. The van der Waals surface area contributed by atoms with Crippen molar-refractivity contribution < 1.29 is 4.79 Å². The van der Waals surface area contributed by atoms with Crippen LogP contribution in [0.5, 0.6) is 0 Å². The second kappa shape index (κ2) is 7.66. The number of anilines is 1. The zero-order valence-corrected chi connectivity index (χ0v) is 15.3. The van der Waals surface area contributed by atoms with E-state index in [2.05, 4.69) is 56.3 Å². The Bertz CT molecular complexity index is 699. The number of halogens is 1. The van der Waals surface area contributed by atoms with Crippen molar-refractivity contribution in [3.05, 3.63) is 58.3 Å². The maximum Gasteiger partial charge on any atom is 0.317 e. The molecule has 1 N–H and O–H groups in total. The summed E-state index contributed by atoms with van der Waals surface area (Å²) in [6.07, 6.45) is 3.47. The van der Waals surface area contributed by atoms with Gasteiger partial charge >= 0.3 is 6.03 Å². The van der Waals surface area contributed by atoms with Gasteiger partial charge in [0.25, 0.3) is 0 Å². The number of urea groups is 1. The molecule has 5 nitrogen and oxygen atoms in total. The molecule has 126 valence electrons. The van der Waals surface area contributed by atoms with E-state index in [-0.39, 0.29) is 6.03 Å². The summed E-state index contributed by atoms with van der Waals surface area (Å²) >= 11 is 3.64. The summed E-state index contributed by atoms with van der Waals surface area (Å²) in [7, 11) is 0. The summed E-state index contributed by atoms with van der Waals surface area (Å²) in [5.74, 6) is 0. The van der Waals surface area contributed by atoms with Gasteiger partial charge in [0, 0.05) is 49.6 Å². The molecule has 0 spiro atoms. The smallest absolute Gasteiger partial charge is 0.317 e. The van der Waals surface area contributed by atoms with Gasteiger partial charge in [0.1, 0.15) is 0 Å². The SMILES string of the molecule is Cc1ccc(N2CCN(C(=O)NCc3ccncc3)CC2)c(Br)c1. The topological polar surface area (TPSA) is 48.5 Å². The number of rotatable bonds is 3. The first-order valence-electron chi connectivity index (χ1n) is 8.06. The highest BCUT2D eigenvalue weighted by atomic mass is 79.9. The summed E-state index contributed by atoms with van der Waals surface area (Å²) in [5, 5.41) is 2.97. The van der Waals surface area contributed by atoms with Crippen LogP contribution in [0.25, 0.3) is 0 Å². The zero-order valence-electron chi connectivity index (χ0n) is 13.7. The molecular weight excluding hydrogens is 368 g/mol. The lowest BCUT2D eigenvalue weighted by molar-refractivity contribution is 0.194. The van der Waals surface area contributed by atoms with E-state index >= 15 is 0 Å². The third kappa shape index (κ3) is 4.06. The molecule has 1 aromatic carbocycles. The molecule has 2 amide bonds. The number of piperazine rings is 1. The first-order chi connectivity index (χ1) is 11.6. The lowest BCUT2D eigenvalue weighted by atomic mass is 10.2. The van der Waals surface area contributed by atoms with Gasteiger partial charge in [0.2, 0.25) is 0 Å². The van der Waals surface area contributed by atoms with Crippen LogP contribution >= 0.6 is 15.9 Å². The molecule has 1 fully saturated rings. The number of nitrogens with one attached hydrogen (secondary N) is 1. The van der Waals surface area contributed by atoms with E-state index in [4.69, 9.17) is 0 Å². The van der Waals surface area contributed by atoms with Crippen molar-refractivity contribution >= 4 is 27.6 Å². The van der Waals surface area contributed by atoms with Gasteiger partial charge < -0.3 is 15.1 Å². The van der Waals surface area contributed by atoms with E-state index < -0.39 is 0 Å². The van der Waals surface area contributed by atoms with Gasteiger partial charge in [-0.15, -0.1) is 0 Å². The highest BCUT2D eigenvalue weighted by Gasteiger charge is 2.22. The van der Waals surface area contributed by atoms with E-state index in [9.17, 15) is 4.79 Å². The Labute approximate surface area is 150 Å². The second-order valence-corrected chi connectivity index (χ2v) is 6.80. The van der Waals surface area contributed by atoms with Crippen LogP contribution in [0.15, 0.2) is 47.2 Å². The highest BCUT2D eigenvalue weighted by Crippen LogP contribution is 2.28. The largest absolute Gasteiger partial charge is 0.367 e. The summed E-state index contributed by atoms with van der Waals surface area (Å²) in [6, 6.07) is 10.2. The maximum atomic E-state index is 12.3. The molecule has 0 bridgehead atoms. The molecule has 1 aromatic heterocycles. The number of aryl methyl sites for hydroxylation is 1. The molecule has 0 atom stereocenters. The third-order valence-electron chi connectivity index (χ3n) is 4.20. The van der Waals surface area contributed by atoms with Crippen LogP contribution in [0.4, 0.5) is 10.5 Å². The third-order valence-corrected chi connectivity index (χ3v) is 4.84. The van der Waals surface area contributed by atoms with Crippen LogP contribution in [0.2, 0.25) is 0 Å². The number of hydrogen-bond acceptors (Lipinski definition) is 3. The molecule has 0 saturated carbocycles. The number of hydrogen-bond donors (Lipinski definition) is 1. The molecule has 1 aliphatic rings. The number of pyridine rings is 1. The van der Waals surface area contributed by atoms with Crippen molar-refractivity contribution in [1.29, 1.82) is 0 Å². The predicted molar refractivity (Wildman–Crippen MR) is 99.1 cm³/mol. The summed E-state index contributed by atoms with van der Waals surface area (Å²) in [5.41, 5.74) is 3.48. The predicted octanol–water partition coefficient (Wildman–Crippen LogP) is 3.18. The Hall–Kier alpha value is -2.08. The Balaban J connectivity index is 1.52. The van der Waals surface area contributed by atoms with Gasteiger partial charge in [-0.3, -0.25) is 4.98 Å². The summed E-state index contributed by atoms with van der Waals surface area (Å²) in [4.78, 5) is 20.5. The van der Waals surface area contributed by atoms with E-state index in [1.165, 1.54) is 11.3 Å². The van der Waals surface area contributed by atoms with Gasteiger partial charge in [0.15, 0.2) is 0 Å². The fourth-order valence-corrected chi connectivity index (χ4v) is 3.55. The number of amides is 2. The Morgan fingerprint density at radius 3 is 2.54 bits per heavy atom. The number of aromatic nitrogens is 1. The average Bonchev–Trinajstić information content (AvgIpc) is 2.61. The quantitative estimate of drug-likeness (QED) is 0.877. The van der Waals surface area contributed by atoms with E-state index in [1.54, 1.807) is 12.4 Å². The first-order valence-corrected chi connectivity index (χ1v) is 8.85. The standard InChI is InChI=1S/C18H21BrN4O/c1-14-2-3-17(16(19)12-14)22-8-10-23(11-9-22)18(24)21-13-15-4-6-20-7-5-15/h2-7,12H,8-11,13H2,1H3,(H,21,24). The Morgan fingerprint density at radius 2 is 1.88 bits per heavy atom. The highest BCUT2D eigenvalue weighted by molar-refractivity contribution is 9.10. The minimum Gasteiger partial charge on any atom is -0.367 e. The molecule has 2 heterocycles. The normalized spacial score (nSPS) is 14.6. The molecule has 0 aliphatic carbocycles. The van der Waals surface area contributed by atoms with Crippen LogP contribution in [-0.4, -0.2) is 42.1 Å². The van der Waals surface area contributed by atoms with Crippen LogP contribution < -0.4 is 10.2 Å². The van der Waals surface area contributed by atoms with Crippen LogP contribution in [0.3, 0.4) is 0 Å². The zero-order chi connectivity index (χ0) is 16.9. The number of carbonyl (C=O) groups is 1. The molecule has 24 heavy (non-hydrogen) atoms. The first kappa shape index (κ1) is 16.8. The summed E-state index contributed by atoms with van der Waals surface area (Å²) < 4.78 is 1.11. The second-order valence-electron chi connectivity index (χ2n) is 5.94. The van der Waals surface area contributed by atoms with E-state index in [0.717, 1.165) is 36.2 Å². The molecular formula is C18H21BrN4O. The molecule has 3 rings (SSSR count). The molecule has 0 unspecified atom stereocenters. The molecule has 1 aliphatic heterocycles. The van der Waals surface area contributed by atoms with Crippen molar-refractivity contribution in [2.75, 3.05) is 31.1 Å². The van der Waals surface area contributed by atoms with Gasteiger partial charge in [-0.2, -0.15) is 0 Å². The Kier molecular flexibility index (Phi) is 5.35. The van der Waals surface area contributed by atoms with Crippen molar-refractivity contribution in [2.24, 2.45) is 0 Å². The van der Waals surface area contributed by atoms with Gasteiger partial charge in [-0.05, 0) is 58.2 Å².